The monoisotopic (exact) mass is 972 g/mol. The molecule has 15 nitrogen and oxygen atoms in total. The lowest BCUT2D eigenvalue weighted by Crippen LogP contribution is -2.26. The van der Waals surface area contributed by atoms with Crippen molar-refractivity contribution in [1.82, 2.24) is 0 Å². The molecule has 2 aliphatic carbocycles. The summed E-state index contributed by atoms with van der Waals surface area (Å²) in [5, 5.41) is 0. The maximum absolute atomic E-state index is 12.5. The molecule has 0 aromatic heterocycles. The summed E-state index contributed by atoms with van der Waals surface area (Å²) < 4.78 is 47.5. The van der Waals surface area contributed by atoms with Crippen LogP contribution in [0.2, 0.25) is 0 Å². The molecule has 2 fully saturated rings. The number of aldehydes is 2. The van der Waals surface area contributed by atoms with E-state index in [1.807, 2.05) is 48.5 Å². The lowest BCUT2D eigenvalue weighted by Gasteiger charge is -2.24. The molecule has 382 valence electrons. The molecule has 5 rings (SSSR count). The van der Waals surface area contributed by atoms with Gasteiger partial charge in [0.25, 0.3) is 0 Å². The summed E-state index contributed by atoms with van der Waals surface area (Å²) in [6.07, 6.45) is 17.5. The summed E-state index contributed by atoms with van der Waals surface area (Å²) >= 11 is 0. The zero-order valence-corrected chi connectivity index (χ0v) is 41.1. The largest absolute Gasteiger partial charge is 0.497 e. The number of hydrogen-bond acceptors (Lipinski definition) is 15. The number of benzene rings is 3. The first kappa shape index (κ1) is 57.7. The Labute approximate surface area is 413 Å². The Hall–Kier alpha value is -6.64. The summed E-state index contributed by atoms with van der Waals surface area (Å²) in [6.45, 7) is 8.99. The summed E-state index contributed by atoms with van der Waals surface area (Å²) in [4.78, 5) is 68.2. The van der Waals surface area contributed by atoms with Crippen molar-refractivity contribution < 1.29 is 71.4 Å². The highest BCUT2D eigenvalue weighted by Crippen LogP contribution is 2.35. The van der Waals surface area contributed by atoms with Crippen LogP contribution in [0.5, 0.6) is 40.2 Å². The van der Waals surface area contributed by atoms with Crippen molar-refractivity contribution in [3.8, 4) is 40.2 Å². The smallest absolute Gasteiger partial charge is 0.330 e. The zero-order valence-electron chi connectivity index (χ0n) is 41.1. The highest BCUT2D eigenvalue weighted by molar-refractivity contribution is 5.81. The standard InChI is InChI=1S/C23H28O7.2C16H22O4/c1-28-21-12-19(29-22(26)17-6-2-15(13-24)3-7-17)10-11-20(21)30-23(27)18-8-4-16(14-25)5-9-18;2*1-3-16(17)20-13-7-5-4-6-12-19-15-10-8-14(18-2)9-11-15/h10-18H,2-9H2,1H3;2*3,8-11H,1,4-7,12-13H2,2H3. The van der Waals surface area contributed by atoms with E-state index >= 15 is 0 Å². The Bertz CT molecular complexity index is 1930. The fourth-order valence-corrected chi connectivity index (χ4v) is 7.47. The fraction of sp³-hybridized carbons (Fsp3) is 0.491. The number of rotatable bonds is 27. The summed E-state index contributed by atoms with van der Waals surface area (Å²) in [5.41, 5.74) is 0. The van der Waals surface area contributed by atoms with Gasteiger partial charge in [0.05, 0.1) is 59.6 Å². The fourth-order valence-electron chi connectivity index (χ4n) is 7.47. The molecule has 70 heavy (non-hydrogen) atoms. The maximum Gasteiger partial charge on any atom is 0.330 e. The van der Waals surface area contributed by atoms with E-state index in [-0.39, 0.29) is 53.3 Å². The molecule has 15 heteroatoms. The lowest BCUT2D eigenvalue weighted by molar-refractivity contribution is -0.141. The van der Waals surface area contributed by atoms with Crippen LogP contribution in [0.1, 0.15) is 103 Å². The third-order valence-corrected chi connectivity index (χ3v) is 11.7. The third kappa shape index (κ3) is 23.1. The number of carbonyl (C=O) groups excluding carboxylic acids is 6. The normalized spacial score (nSPS) is 16.9. The average Bonchev–Trinajstić information content (AvgIpc) is 3.40. The molecule has 2 saturated carbocycles. The van der Waals surface area contributed by atoms with Gasteiger partial charge < -0.3 is 52.2 Å². The molecule has 0 atom stereocenters. The van der Waals surface area contributed by atoms with Gasteiger partial charge in [-0.2, -0.15) is 0 Å². The number of ether oxygens (including phenoxy) is 9. The van der Waals surface area contributed by atoms with Gasteiger partial charge in [-0.05, 0) is 163 Å². The van der Waals surface area contributed by atoms with Crippen LogP contribution in [0.25, 0.3) is 0 Å². The van der Waals surface area contributed by atoms with Gasteiger partial charge in [0.15, 0.2) is 11.5 Å². The quantitative estimate of drug-likeness (QED) is 0.0231. The average molecular weight is 973 g/mol. The molecular weight excluding hydrogens is 901 g/mol. The second-order valence-electron chi connectivity index (χ2n) is 16.8. The van der Waals surface area contributed by atoms with Crippen LogP contribution < -0.4 is 33.2 Å². The molecule has 0 bridgehead atoms. The maximum atomic E-state index is 12.5. The summed E-state index contributed by atoms with van der Waals surface area (Å²) in [5.74, 6) is 2.51. The Kier molecular flexibility index (Phi) is 28.5. The molecule has 0 heterocycles. The van der Waals surface area contributed by atoms with Gasteiger partial charge in [-0.25, -0.2) is 9.59 Å². The zero-order chi connectivity index (χ0) is 50.8. The first-order valence-corrected chi connectivity index (χ1v) is 24.2. The first-order valence-electron chi connectivity index (χ1n) is 24.2. The van der Waals surface area contributed by atoms with E-state index in [1.54, 1.807) is 26.4 Å². The van der Waals surface area contributed by atoms with E-state index in [4.69, 9.17) is 42.6 Å². The number of methoxy groups -OCH3 is 3. The van der Waals surface area contributed by atoms with Crippen LogP contribution >= 0.6 is 0 Å². The van der Waals surface area contributed by atoms with E-state index < -0.39 is 0 Å². The minimum Gasteiger partial charge on any atom is -0.497 e. The van der Waals surface area contributed by atoms with Crippen LogP contribution in [0.3, 0.4) is 0 Å². The highest BCUT2D eigenvalue weighted by Gasteiger charge is 2.30. The SMILES string of the molecule is C=CC(=O)OCCCCCCOc1ccc(OC)cc1.C=CC(=O)OCCCCCCOc1ccc(OC)cc1.COc1cc(OC(=O)C2CCC(C=O)CC2)ccc1OC(=O)C1CCC(C=O)CC1. The number of carbonyl (C=O) groups is 6. The van der Waals surface area contributed by atoms with Crippen LogP contribution in [-0.2, 0) is 38.2 Å². The number of unbranched alkanes of at least 4 members (excludes halogenated alkanes) is 6. The van der Waals surface area contributed by atoms with E-state index in [2.05, 4.69) is 13.2 Å². The van der Waals surface area contributed by atoms with E-state index in [9.17, 15) is 28.8 Å². The van der Waals surface area contributed by atoms with Crippen LogP contribution in [0.15, 0.2) is 92.0 Å². The molecule has 0 aliphatic heterocycles. The molecule has 3 aromatic rings. The molecule has 0 spiro atoms. The first-order chi connectivity index (χ1) is 34.0. The Balaban J connectivity index is 0.000000288. The van der Waals surface area contributed by atoms with Crippen LogP contribution in [0, 0.1) is 23.7 Å². The van der Waals surface area contributed by atoms with Crippen LogP contribution in [0.4, 0.5) is 0 Å². The van der Waals surface area contributed by atoms with Gasteiger partial charge in [0, 0.05) is 30.1 Å². The van der Waals surface area contributed by atoms with Gasteiger partial charge in [-0.1, -0.05) is 13.2 Å². The molecule has 0 unspecified atom stereocenters. The van der Waals surface area contributed by atoms with Gasteiger partial charge in [0.1, 0.15) is 41.3 Å². The van der Waals surface area contributed by atoms with Crippen molar-refractivity contribution in [1.29, 1.82) is 0 Å². The van der Waals surface area contributed by atoms with E-state index in [0.717, 1.165) is 86.9 Å². The molecule has 3 aromatic carbocycles. The number of hydrogen-bond donors (Lipinski definition) is 0. The van der Waals surface area contributed by atoms with Crippen molar-refractivity contribution in [3.05, 3.63) is 92.0 Å². The van der Waals surface area contributed by atoms with Crippen molar-refractivity contribution >= 4 is 36.4 Å². The Morgan fingerprint density at radius 3 is 1.20 bits per heavy atom. The summed E-state index contributed by atoms with van der Waals surface area (Å²) in [7, 11) is 4.73. The van der Waals surface area contributed by atoms with Gasteiger partial charge >= 0.3 is 23.9 Å². The van der Waals surface area contributed by atoms with Crippen molar-refractivity contribution in [3.63, 3.8) is 0 Å². The van der Waals surface area contributed by atoms with Crippen molar-refractivity contribution in [2.24, 2.45) is 23.7 Å². The molecular formula is C55H72O15. The molecule has 0 saturated heterocycles. The molecule has 2 aliphatic rings. The summed E-state index contributed by atoms with van der Waals surface area (Å²) in [6, 6.07) is 19.8. The minimum absolute atomic E-state index is 0.0334. The Morgan fingerprint density at radius 2 is 0.829 bits per heavy atom. The molecule has 0 amide bonds. The van der Waals surface area contributed by atoms with Gasteiger partial charge in [-0.15, -0.1) is 0 Å². The topological polar surface area (TPSA) is 185 Å². The van der Waals surface area contributed by atoms with E-state index in [0.29, 0.717) is 89.3 Å². The highest BCUT2D eigenvalue weighted by atomic mass is 16.6. The molecule has 0 N–H and O–H groups in total. The molecule has 0 radical (unpaired) electrons. The number of esters is 4. The predicted octanol–water partition coefficient (Wildman–Crippen LogP) is 10.2. The lowest BCUT2D eigenvalue weighted by atomic mass is 9.83. The van der Waals surface area contributed by atoms with Gasteiger partial charge in [-0.3, -0.25) is 9.59 Å². The minimum atomic E-state index is -0.354. The van der Waals surface area contributed by atoms with Crippen molar-refractivity contribution in [2.45, 2.75) is 103 Å². The van der Waals surface area contributed by atoms with Crippen molar-refractivity contribution in [2.75, 3.05) is 47.8 Å². The van der Waals surface area contributed by atoms with Gasteiger partial charge in [0.2, 0.25) is 0 Å². The third-order valence-electron chi connectivity index (χ3n) is 11.7. The van der Waals surface area contributed by atoms with E-state index in [1.165, 1.54) is 25.3 Å². The predicted molar refractivity (Wildman–Crippen MR) is 264 cm³/mol. The Morgan fingerprint density at radius 1 is 0.457 bits per heavy atom. The van der Waals surface area contributed by atoms with Crippen LogP contribution in [-0.4, -0.2) is 84.2 Å². The second-order valence-corrected chi connectivity index (χ2v) is 16.8. The second kappa shape index (κ2) is 34.6.